The summed E-state index contributed by atoms with van der Waals surface area (Å²) in [5, 5.41) is 16.0. The van der Waals surface area contributed by atoms with Crippen LogP contribution in [0.4, 0.5) is 16.2 Å². The van der Waals surface area contributed by atoms with Crippen molar-refractivity contribution in [1.29, 1.82) is 0 Å². The van der Waals surface area contributed by atoms with Gasteiger partial charge in [-0.3, -0.25) is 14.9 Å². The average Bonchev–Trinajstić information content (AvgIpc) is 2.47. The minimum atomic E-state index is -0.548. The van der Waals surface area contributed by atoms with E-state index in [0.29, 0.717) is 18.0 Å². The molecule has 0 aliphatic heterocycles. The van der Waals surface area contributed by atoms with Crippen LogP contribution in [0.2, 0.25) is 0 Å². The standard InChI is InChI=1S/C16H23N3O5S/c1-11-5-6-12(19(22)23)9-13(11)18-14(20)10-25-8-7-17-15(21)24-16(2,3)4/h5-6,9H,7-8,10H2,1-4H3,(H,17,21)(H,18,20). The number of hydrogen-bond donors (Lipinski definition) is 2. The first-order valence-electron chi connectivity index (χ1n) is 7.68. The predicted molar refractivity (Wildman–Crippen MR) is 98.0 cm³/mol. The highest BCUT2D eigenvalue weighted by Gasteiger charge is 2.15. The van der Waals surface area contributed by atoms with Crippen LogP contribution in [0.1, 0.15) is 26.3 Å². The third-order valence-corrected chi connectivity index (χ3v) is 3.81. The third kappa shape index (κ3) is 8.39. The fraction of sp³-hybridized carbons (Fsp3) is 0.500. The Bertz CT molecular complexity index is 643. The lowest BCUT2D eigenvalue weighted by molar-refractivity contribution is -0.384. The van der Waals surface area contributed by atoms with Gasteiger partial charge in [-0.1, -0.05) is 6.07 Å². The van der Waals surface area contributed by atoms with Crippen molar-refractivity contribution >= 4 is 35.1 Å². The zero-order chi connectivity index (χ0) is 19.0. The Balaban J connectivity index is 2.33. The van der Waals surface area contributed by atoms with Gasteiger partial charge in [0.2, 0.25) is 5.91 Å². The number of carbonyl (C=O) groups is 2. The van der Waals surface area contributed by atoms with Crippen molar-refractivity contribution in [3.05, 3.63) is 33.9 Å². The fourth-order valence-corrected chi connectivity index (χ4v) is 2.40. The van der Waals surface area contributed by atoms with Crippen LogP contribution >= 0.6 is 11.8 Å². The largest absolute Gasteiger partial charge is 0.444 e. The van der Waals surface area contributed by atoms with Crippen molar-refractivity contribution in [1.82, 2.24) is 5.32 Å². The molecule has 0 fully saturated rings. The van der Waals surface area contributed by atoms with E-state index in [2.05, 4.69) is 10.6 Å². The van der Waals surface area contributed by atoms with Crippen molar-refractivity contribution in [2.24, 2.45) is 0 Å². The van der Waals surface area contributed by atoms with Crippen LogP contribution in [0.15, 0.2) is 18.2 Å². The minimum Gasteiger partial charge on any atom is -0.444 e. The number of anilines is 1. The molecule has 1 rings (SSSR count). The van der Waals surface area contributed by atoms with Gasteiger partial charge in [-0.25, -0.2) is 4.79 Å². The summed E-state index contributed by atoms with van der Waals surface area (Å²) in [6, 6.07) is 4.32. The third-order valence-electron chi connectivity index (χ3n) is 2.85. The van der Waals surface area contributed by atoms with Crippen LogP contribution in [0, 0.1) is 17.0 Å². The van der Waals surface area contributed by atoms with Crippen LogP contribution in [-0.4, -0.2) is 40.6 Å². The summed E-state index contributed by atoms with van der Waals surface area (Å²) in [5.41, 5.74) is 0.546. The molecule has 8 nitrogen and oxygen atoms in total. The predicted octanol–water partition coefficient (Wildman–Crippen LogP) is 3.10. The molecule has 0 heterocycles. The molecule has 138 valence electrons. The van der Waals surface area contributed by atoms with E-state index in [1.165, 1.54) is 23.9 Å². The van der Waals surface area contributed by atoms with Gasteiger partial charge in [-0.05, 0) is 33.3 Å². The van der Waals surface area contributed by atoms with Gasteiger partial charge in [0.1, 0.15) is 5.60 Å². The maximum absolute atomic E-state index is 11.9. The first-order valence-corrected chi connectivity index (χ1v) is 8.83. The lowest BCUT2D eigenvalue weighted by Gasteiger charge is -2.19. The SMILES string of the molecule is Cc1ccc([N+](=O)[O-])cc1NC(=O)CSCCNC(=O)OC(C)(C)C. The Morgan fingerprint density at radius 3 is 2.60 bits per heavy atom. The molecule has 0 saturated carbocycles. The van der Waals surface area contributed by atoms with Crippen LogP contribution in [-0.2, 0) is 9.53 Å². The first-order chi connectivity index (χ1) is 11.6. The number of alkyl carbamates (subject to hydrolysis) is 1. The number of thioether (sulfide) groups is 1. The number of amides is 2. The van der Waals surface area contributed by atoms with E-state index in [0.717, 1.165) is 5.56 Å². The number of hydrogen-bond acceptors (Lipinski definition) is 6. The van der Waals surface area contributed by atoms with E-state index in [-0.39, 0.29) is 17.3 Å². The van der Waals surface area contributed by atoms with Gasteiger partial charge in [-0.15, -0.1) is 0 Å². The maximum atomic E-state index is 11.9. The number of aryl methyl sites for hydroxylation is 1. The summed E-state index contributed by atoms with van der Waals surface area (Å²) in [6.45, 7) is 7.48. The summed E-state index contributed by atoms with van der Waals surface area (Å²) in [4.78, 5) is 33.6. The average molecular weight is 369 g/mol. The normalized spacial score (nSPS) is 10.9. The molecule has 0 unspecified atom stereocenters. The summed E-state index contributed by atoms with van der Waals surface area (Å²) in [7, 11) is 0. The van der Waals surface area contributed by atoms with Crippen LogP contribution in [0.3, 0.4) is 0 Å². The number of benzene rings is 1. The van der Waals surface area contributed by atoms with E-state index in [1.807, 2.05) is 0 Å². The van der Waals surface area contributed by atoms with Crippen molar-refractivity contribution in [3.8, 4) is 0 Å². The Morgan fingerprint density at radius 2 is 2.00 bits per heavy atom. The second-order valence-corrected chi connectivity index (χ2v) is 7.39. The molecule has 1 aromatic rings. The van der Waals surface area contributed by atoms with Crippen LogP contribution in [0.5, 0.6) is 0 Å². The van der Waals surface area contributed by atoms with Crippen molar-refractivity contribution in [3.63, 3.8) is 0 Å². The highest BCUT2D eigenvalue weighted by Crippen LogP contribution is 2.22. The molecule has 0 aromatic heterocycles. The minimum absolute atomic E-state index is 0.0740. The lowest BCUT2D eigenvalue weighted by atomic mass is 10.2. The number of non-ortho nitro benzene ring substituents is 1. The van der Waals surface area contributed by atoms with Crippen molar-refractivity contribution in [2.45, 2.75) is 33.3 Å². The van der Waals surface area contributed by atoms with E-state index in [9.17, 15) is 19.7 Å². The number of nitro groups is 1. The molecule has 0 bridgehead atoms. The van der Waals surface area contributed by atoms with Gasteiger partial charge in [0.05, 0.1) is 16.4 Å². The molecule has 0 atom stereocenters. The molecule has 0 saturated heterocycles. The summed E-state index contributed by atoms with van der Waals surface area (Å²) < 4.78 is 5.09. The van der Waals surface area contributed by atoms with Gasteiger partial charge in [0, 0.05) is 24.4 Å². The molecule has 0 radical (unpaired) electrons. The highest BCUT2D eigenvalue weighted by atomic mass is 32.2. The zero-order valence-corrected chi connectivity index (χ0v) is 15.6. The summed E-state index contributed by atoms with van der Waals surface area (Å²) in [5.74, 6) is 0.462. The number of nitrogens with zero attached hydrogens (tertiary/aromatic N) is 1. The summed E-state index contributed by atoms with van der Waals surface area (Å²) >= 11 is 1.34. The Labute approximate surface area is 150 Å². The van der Waals surface area contributed by atoms with Gasteiger partial charge in [0.15, 0.2) is 0 Å². The summed E-state index contributed by atoms with van der Waals surface area (Å²) in [6.07, 6.45) is -0.496. The lowest BCUT2D eigenvalue weighted by Crippen LogP contribution is -2.33. The van der Waals surface area contributed by atoms with Gasteiger partial charge in [-0.2, -0.15) is 11.8 Å². The second-order valence-electron chi connectivity index (χ2n) is 6.29. The Morgan fingerprint density at radius 1 is 1.32 bits per heavy atom. The monoisotopic (exact) mass is 369 g/mol. The molecule has 2 amide bonds. The van der Waals surface area contributed by atoms with Crippen LogP contribution < -0.4 is 10.6 Å². The number of carbonyl (C=O) groups excluding carboxylic acids is 2. The van der Waals surface area contributed by atoms with Crippen molar-refractivity contribution < 1.29 is 19.2 Å². The van der Waals surface area contributed by atoms with Gasteiger partial charge < -0.3 is 15.4 Å². The Kier molecular flexibility index (Phi) is 7.69. The first kappa shape index (κ1) is 20.8. The number of nitrogens with one attached hydrogen (secondary N) is 2. The zero-order valence-electron chi connectivity index (χ0n) is 14.8. The molecule has 2 N–H and O–H groups in total. The Hall–Kier alpha value is -2.29. The topological polar surface area (TPSA) is 111 Å². The van der Waals surface area contributed by atoms with E-state index in [1.54, 1.807) is 33.8 Å². The second kappa shape index (κ2) is 9.26. The number of rotatable bonds is 7. The molecular weight excluding hydrogens is 346 g/mol. The maximum Gasteiger partial charge on any atom is 0.407 e. The smallest absolute Gasteiger partial charge is 0.407 e. The van der Waals surface area contributed by atoms with E-state index < -0.39 is 16.6 Å². The molecule has 0 aliphatic rings. The molecular formula is C16H23N3O5S. The quantitative estimate of drug-likeness (QED) is 0.434. The molecule has 0 aliphatic carbocycles. The number of ether oxygens (including phenoxy) is 1. The van der Waals surface area contributed by atoms with Crippen LogP contribution in [0.25, 0.3) is 0 Å². The molecule has 25 heavy (non-hydrogen) atoms. The fourth-order valence-electron chi connectivity index (χ4n) is 1.75. The van der Waals surface area contributed by atoms with Crippen molar-refractivity contribution in [2.75, 3.05) is 23.4 Å². The number of nitro benzene ring substituents is 1. The van der Waals surface area contributed by atoms with E-state index >= 15 is 0 Å². The highest BCUT2D eigenvalue weighted by molar-refractivity contribution is 7.99. The molecule has 1 aromatic carbocycles. The van der Waals surface area contributed by atoms with Gasteiger partial charge in [0.25, 0.3) is 5.69 Å². The van der Waals surface area contributed by atoms with E-state index in [4.69, 9.17) is 4.74 Å². The molecule has 0 spiro atoms. The molecule has 9 heteroatoms. The van der Waals surface area contributed by atoms with Gasteiger partial charge >= 0.3 is 6.09 Å².